The first kappa shape index (κ1) is 13.3. The number of aliphatic hydroxyl groups excluding tert-OH is 1. The molecular weight excluding hydrogens is 234 g/mol. The molecule has 0 bridgehead atoms. The van der Waals surface area contributed by atoms with Crippen molar-refractivity contribution >= 4 is 11.9 Å². The van der Waals surface area contributed by atoms with Crippen LogP contribution in [0, 0.1) is 17.8 Å². The average molecular weight is 255 g/mol. The van der Waals surface area contributed by atoms with Crippen LogP contribution < -0.4 is 0 Å². The SMILES string of the molecule is CC1CN(C(=O)[C@@H]2CCC[C@@H]2C(=O)O)CCC1O. The summed E-state index contributed by atoms with van der Waals surface area (Å²) < 4.78 is 0. The van der Waals surface area contributed by atoms with E-state index in [1.807, 2.05) is 6.92 Å². The molecule has 18 heavy (non-hydrogen) atoms. The van der Waals surface area contributed by atoms with Gasteiger partial charge in [0.15, 0.2) is 0 Å². The highest BCUT2D eigenvalue weighted by Gasteiger charge is 2.41. The number of aliphatic carboxylic acids is 1. The molecule has 0 aromatic rings. The van der Waals surface area contributed by atoms with E-state index in [1.165, 1.54) is 0 Å². The van der Waals surface area contributed by atoms with Crippen molar-refractivity contribution in [2.24, 2.45) is 17.8 Å². The van der Waals surface area contributed by atoms with Crippen LogP contribution in [-0.2, 0) is 9.59 Å². The lowest BCUT2D eigenvalue weighted by molar-refractivity contribution is -0.150. The molecule has 0 spiro atoms. The third kappa shape index (κ3) is 2.51. The molecule has 0 aromatic carbocycles. The molecule has 1 aliphatic carbocycles. The molecule has 2 fully saturated rings. The minimum atomic E-state index is -0.851. The quantitative estimate of drug-likeness (QED) is 0.762. The second kappa shape index (κ2) is 5.26. The topological polar surface area (TPSA) is 77.8 Å². The molecule has 2 aliphatic rings. The van der Waals surface area contributed by atoms with Crippen LogP contribution in [0.15, 0.2) is 0 Å². The van der Waals surface area contributed by atoms with Crippen molar-refractivity contribution in [1.29, 1.82) is 0 Å². The molecule has 1 amide bonds. The third-order valence-electron chi connectivity index (χ3n) is 4.32. The molecule has 2 rings (SSSR count). The van der Waals surface area contributed by atoms with Crippen LogP contribution in [0.5, 0.6) is 0 Å². The lowest BCUT2D eigenvalue weighted by atomic mass is 9.91. The Kier molecular flexibility index (Phi) is 3.90. The van der Waals surface area contributed by atoms with Crippen LogP contribution in [0.25, 0.3) is 0 Å². The zero-order chi connectivity index (χ0) is 13.3. The highest BCUT2D eigenvalue weighted by molar-refractivity contribution is 5.85. The summed E-state index contributed by atoms with van der Waals surface area (Å²) in [4.78, 5) is 25.2. The second-order valence-electron chi connectivity index (χ2n) is 5.60. The maximum Gasteiger partial charge on any atom is 0.307 e. The predicted octanol–water partition coefficient (Wildman–Crippen LogP) is 0.717. The van der Waals surface area contributed by atoms with E-state index in [9.17, 15) is 14.7 Å². The summed E-state index contributed by atoms with van der Waals surface area (Å²) in [6.45, 7) is 3.02. The van der Waals surface area contributed by atoms with Gasteiger partial charge in [0, 0.05) is 13.1 Å². The number of carbonyl (C=O) groups excluding carboxylic acids is 1. The van der Waals surface area contributed by atoms with Gasteiger partial charge in [-0.1, -0.05) is 13.3 Å². The van der Waals surface area contributed by atoms with Crippen molar-refractivity contribution in [3.63, 3.8) is 0 Å². The van der Waals surface area contributed by atoms with Crippen LogP contribution in [0.3, 0.4) is 0 Å². The van der Waals surface area contributed by atoms with Crippen molar-refractivity contribution in [3.8, 4) is 0 Å². The number of aliphatic hydroxyl groups is 1. The molecule has 5 heteroatoms. The van der Waals surface area contributed by atoms with Crippen LogP contribution >= 0.6 is 0 Å². The van der Waals surface area contributed by atoms with Gasteiger partial charge in [-0.05, 0) is 25.2 Å². The molecule has 0 radical (unpaired) electrons. The summed E-state index contributed by atoms with van der Waals surface area (Å²) >= 11 is 0. The molecule has 1 aliphatic heterocycles. The summed E-state index contributed by atoms with van der Waals surface area (Å²) in [6.07, 6.45) is 2.37. The number of nitrogens with zero attached hydrogens (tertiary/aromatic N) is 1. The van der Waals surface area contributed by atoms with Crippen LogP contribution in [-0.4, -0.2) is 46.2 Å². The first-order chi connectivity index (χ1) is 8.50. The molecule has 5 nitrogen and oxygen atoms in total. The molecule has 2 unspecified atom stereocenters. The smallest absolute Gasteiger partial charge is 0.307 e. The molecule has 102 valence electrons. The van der Waals surface area contributed by atoms with E-state index < -0.39 is 11.9 Å². The minimum absolute atomic E-state index is 0.0290. The van der Waals surface area contributed by atoms with Gasteiger partial charge < -0.3 is 15.1 Å². The molecular formula is C13H21NO4. The van der Waals surface area contributed by atoms with Gasteiger partial charge in [0.25, 0.3) is 0 Å². The molecule has 1 saturated heterocycles. The highest BCUT2D eigenvalue weighted by Crippen LogP contribution is 2.34. The van der Waals surface area contributed by atoms with E-state index in [-0.39, 0.29) is 23.8 Å². The van der Waals surface area contributed by atoms with Crippen molar-refractivity contribution in [1.82, 2.24) is 4.90 Å². The van der Waals surface area contributed by atoms with Gasteiger partial charge in [0.2, 0.25) is 5.91 Å². The molecule has 2 N–H and O–H groups in total. The number of likely N-dealkylation sites (tertiary alicyclic amines) is 1. The Labute approximate surface area is 107 Å². The monoisotopic (exact) mass is 255 g/mol. The predicted molar refractivity (Wildman–Crippen MR) is 64.8 cm³/mol. The van der Waals surface area contributed by atoms with Gasteiger partial charge >= 0.3 is 5.97 Å². The summed E-state index contributed by atoms with van der Waals surface area (Å²) in [5.74, 6) is -1.67. The Morgan fingerprint density at radius 1 is 1.17 bits per heavy atom. The largest absolute Gasteiger partial charge is 0.481 e. The fourth-order valence-electron chi connectivity index (χ4n) is 3.12. The summed E-state index contributed by atoms with van der Waals surface area (Å²) in [5.41, 5.74) is 0. The van der Waals surface area contributed by atoms with Crippen molar-refractivity contribution in [2.75, 3.05) is 13.1 Å². The number of carbonyl (C=O) groups is 2. The summed E-state index contributed by atoms with van der Waals surface area (Å²) in [7, 11) is 0. The Hall–Kier alpha value is -1.10. The Morgan fingerprint density at radius 3 is 2.44 bits per heavy atom. The molecule has 0 aromatic heterocycles. The van der Waals surface area contributed by atoms with Crippen LogP contribution in [0.4, 0.5) is 0 Å². The molecule has 1 saturated carbocycles. The van der Waals surface area contributed by atoms with Gasteiger partial charge in [-0.2, -0.15) is 0 Å². The number of rotatable bonds is 2. The Balaban J connectivity index is 2.01. The lowest BCUT2D eigenvalue weighted by Crippen LogP contribution is -2.48. The summed E-state index contributed by atoms with van der Waals surface area (Å²) in [6, 6.07) is 0. The normalized spacial score (nSPS) is 36.7. The fourth-order valence-corrected chi connectivity index (χ4v) is 3.12. The maximum atomic E-state index is 12.3. The van der Waals surface area contributed by atoms with Gasteiger partial charge in [0.05, 0.1) is 17.9 Å². The standard InChI is InChI=1S/C13H21NO4/c1-8-7-14(6-5-11(8)15)12(16)9-3-2-4-10(9)13(17)18/h8-11,15H,2-7H2,1H3,(H,17,18)/t8?,9-,10+,11?/m1/s1. The number of hydrogen-bond acceptors (Lipinski definition) is 3. The summed E-state index contributed by atoms with van der Waals surface area (Å²) in [5, 5.41) is 18.8. The Morgan fingerprint density at radius 2 is 1.83 bits per heavy atom. The Bertz CT molecular complexity index is 344. The van der Waals surface area contributed by atoms with E-state index >= 15 is 0 Å². The van der Waals surface area contributed by atoms with E-state index in [1.54, 1.807) is 4.90 Å². The van der Waals surface area contributed by atoms with Gasteiger partial charge in [-0.15, -0.1) is 0 Å². The fraction of sp³-hybridized carbons (Fsp3) is 0.846. The number of piperidine rings is 1. The third-order valence-corrected chi connectivity index (χ3v) is 4.32. The van der Waals surface area contributed by atoms with E-state index in [0.29, 0.717) is 32.4 Å². The van der Waals surface area contributed by atoms with E-state index in [0.717, 1.165) is 6.42 Å². The number of carboxylic acids is 1. The van der Waals surface area contributed by atoms with Crippen LogP contribution in [0.2, 0.25) is 0 Å². The highest BCUT2D eigenvalue weighted by atomic mass is 16.4. The van der Waals surface area contributed by atoms with E-state index in [2.05, 4.69) is 0 Å². The second-order valence-corrected chi connectivity index (χ2v) is 5.60. The molecule has 4 atom stereocenters. The number of carboxylic acid groups (broad SMARTS) is 1. The van der Waals surface area contributed by atoms with Gasteiger partial charge in [-0.3, -0.25) is 9.59 Å². The molecule has 1 heterocycles. The minimum Gasteiger partial charge on any atom is -0.481 e. The van der Waals surface area contributed by atoms with E-state index in [4.69, 9.17) is 5.11 Å². The zero-order valence-corrected chi connectivity index (χ0v) is 10.7. The first-order valence-electron chi connectivity index (χ1n) is 6.70. The number of hydrogen-bond donors (Lipinski definition) is 2. The maximum absolute atomic E-state index is 12.3. The van der Waals surface area contributed by atoms with Gasteiger partial charge in [0.1, 0.15) is 0 Å². The van der Waals surface area contributed by atoms with Crippen molar-refractivity contribution in [3.05, 3.63) is 0 Å². The van der Waals surface area contributed by atoms with Crippen molar-refractivity contribution < 1.29 is 19.8 Å². The van der Waals surface area contributed by atoms with Crippen LogP contribution in [0.1, 0.15) is 32.6 Å². The van der Waals surface area contributed by atoms with Gasteiger partial charge in [-0.25, -0.2) is 0 Å². The lowest BCUT2D eigenvalue weighted by Gasteiger charge is -2.36. The number of amides is 1. The first-order valence-corrected chi connectivity index (χ1v) is 6.70. The van der Waals surface area contributed by atoms with Crippen molar-refractivity contribution in [2.45, 2.75) is 38.7 Å². The zero-order valence-electron chi connectivity index (χ0n) is 10.7. The average Bonchev–Trinajstić information content (AvgIpc) is 2.81.